The van der Waals surface area contributed by atoms with Gasteiger partial charge in [-0.2, -0.15) is 5.10 Å². The number of fused-ring (bicyclic) bond motifs is 1. The Morgan fingerprint density at radius 1 is 1.21 bits per heavy atom. The predicted octanol–water partition coefficient (Wildman–Crippen LogP) is 3.69. The number of thiophene rings is 1. The summed E-state index contributed by atoms with van der Waals surface area (Å²) in [5, 5.41) is 13.6. The number of hydrogen-bond acceptors (Lipinski definition) is 6. The average molecular weight is 457 g/mol. The highest BCUT2D eigenvalue weighted by Crippen LogP contribution is 2.20. The fourth-order valence-corrected chi connectivity index (χ4v) is 3.83. The van der Waals surface area contributed by atoms with Crippen LogP contribution in [0, 0.1) is 0 Å². The second-order valence-corrected chi connectivity index (χ2v) is 7.97. The molecule has 7 nitrogen and oxygen atoms in total. The second-order valence-electron chi connectivity index (χ2n) is 6.03. The van der Waals surface area contributed by atoms with Crippen molar-refractivity contribution in [2.45, 2.75) is 13.1 Å². The van der Waals surface area contributed by atoms with Gasteiger partial charge in [0.25, 0.3) is 5.91 Å². The number of carbonyl (C=O) groups excluding carboxylic acids is 1. The maximum atomic E-state index is 12.2. The van der Waals surface area contributed by atoms with Crippen molar-refractivity contribution in [1.82, 2.24) is 25.1 Å². The van der Waals surface area contributed by atoms with Crippen molar-refractivity contribution in [2.75, 3.05) is 11.9 Å². The van der Waals surface area contributed by atoms with E-state index in [2.05, 4.69) is 47.7 Å². The Morgan fingerprint density at radius 2 is 2.14 bits per heavy atom. The van der Waals surface area contributed by atoms with Crippen LogP contribution in [0.4, 0.5) is 5.82 Å². The molecule has 0 aliphatic rings. The second kappa shape index (κ2) is 8.49. The lowest BCUT2D eigenvalue weighted by atomic mass is 10.2. The molecule has 0 fully saturated rings. The van der Waals surface area contributed by atoms with Crippen LogP contribution in [0.3, 0.4) is 0 Å². The lowest BCUT2D eigenvalue weighted by molar-refractivity contribution is 0.0952. The number of hydrogen-bond donors (Lipinski definition) is 2. The Kier molecular flexibility index (Phi) is 5.63. The van der Waals surface area contributed by atoms with Gasteiger partial charge in [-0.05, 0) is 29.6 Å². The lowest BCUT2D eigenvalue weighted by Crippen LogP contribution is -2.27. The Hall–Kier alpha value is -2.78. The summed E-state index contributed by atoms with van der Waals surface area (Å²) in [5.41, 5.74) is 1.35. The molecule has 0 aliphatic heterocycles. The van der Waals surface area contributed by atoms with Crippen LogP contribution in [0.5, 0.6) is 0 Å². The Morgan fingerprint density at radius 3 is 2.96 bits per heavy atom. The van der Waals surface area contributed by atoms with Crippen LogP contribution < -0.4 is 10.6 Å². The van der Waals surface area contributed by atoms with E-state index in [4.69, 9.17) is 0 Å². The molecule has 4 rings (SSSR count). The molecule has 4 aromatic rings. The van der Waals surface area contributed by atoms with E-state index < -0.39 is 0 Å². The molecular formula is C19H17BrN6OS. The number of carbonyl (C=O) groups is 1. The fourth-order valence-electron chi connectivity index (χ4n) is 2.79. The van der Waals surface area contributed by atoms with Crippen LogP contribution in [-0.4, -0.2) is 32.2 Å². The zero-order valence-electron chi connectivity index (χ0n) is 14.8. The summed E-state index contributed by atoms with van der Waals surface area (Å²) in [6.07, 6.45) is 3.28. The highest BCUT2D eigenvalue weighted by molar-refractivity contribution is 9.10. The molecule has 0 spiro atoms. The van der Waals surface area contributed by atoms with E-state index in [1.54, 1.807) is 34.3 Å². The van der Waals surface area contributed by atoms with Gasteiger partial charge in [0.15, 0.2) is 5.65 Å². The summed E-state index contributed by atoms with van der Waals surface area (Å²) in [7, 11) is 0. The van der Waals surface area contributed by atoms with Crippen molar-refractivity contribution < 1.29 is 4.79 Å². The van der Waals surface area contributed by atoms with Crippen molar-refractivity contribution in [3.8, 4) is 0 Å². The van der Waals surface area contributed by atoms with Crippen molar-refractivity contribution in [3.63, 3.8) is 0 Å². The van der Waals surface area contributed by atoms with Crippen LogP contribution in [0.1, 0.15) is 15.2 Å². The van der Waals surface area contributed by atoms with Crippen LogP contribution in [-0.2, 0) is 13.1 Å². The smallest absolute Gasteiger partial charge is 0.251 e. The van der Waals surface area contributed by atoms with Crippen molar-refractivity contribution in [3.05, 3.63) is 69.2 Å². The van der Waals surface area contributed by atoms with Crippen molar-refractivity contribution in [1.29, 1.82) is 0 Å². The highest BCUT2D eigenvalue weighted by Gasteiger charge is 2.11. The van der Waals surface area contributed by atoms with Gasteiger partial charge in [-0.1, -0.05) is 28.1 Å². The molecule has 0 atom stereocenters. The molecule has 0 bridgehead atoms. The third-order valence-corrected chi connectivity index (χ3v) is 5.51. The minimum atomic E-state index is -0.120. The van der Waals surface area contributed by atoms with E-state index in [1.807, 2.05) is 23.6 Å². The number of anilines is 1. The first-order chi connectivity index (χ1) is 13.7. The van der Waals surface area contributed by atoms with E-state index in [1.165, 1.54) is 11.2 Å². The van der Waals surface area contributed by atoms with Gasteiger partial charge in [-0.15, -0.1) is 11.3 Å². The first-order valence-corrected chi connectivity index (χ1v) is 10.3. The van der Waals surface area contributed by atoms with Crippen LogP contribution >= 0.6 is 27.3 Å². The van der Waals surface area contributed by atoms with E-state index in [-0.39, 0.29) is 5.91 Å². The summed E-state index contributed by atoms with van der Waals surface area (Å²) < 4.78 is 2.65. The van der Waals surface area contributed by atoms with Crippen LogP contribution in [0.25, 0.3) is 11.0 Å². The molecule has 1 amide bonds. The molecule has 0 unspecified atom stereocenters. The minimum Gasteiger partial charge on any atom is -0.364 e. The highest BCUT2D eigenvalue weighted by atomic mass is 79.9. The Balaban J connectivity index is 1.40. The molecule has 3 heterocycles. The zero-order chi connectivity index (χ0) is 19.3. The Labute approximate surface area is 174 Å². The molecule has 28 heavy (non-hydrogen) atoms. The molecular weight excluding hydrogens is 440 g/mol. The molecule has 0 saturated carbocycles. The number of halogens is 1. The number of benzene rings is 1. The lowest BCUT2D eigenvalue weighted by Gasteiger charge is -2.07. The van der Waals surface area contributed by atoms with E-state index in [9.17, 15) is 4.79 Å². The van der Waals surface area contributed by atoms with E-state index in [0.717, 1.165) is 21.3 Å². The first-order valence-electron chi connectivity index (χ1n) is 8.67. The fraction of sp³-hybridized carbons (Fsp3) is 0.158. The zero-order valence-corrected chi connectivity index (χ0v) is 17.2. The number of aromatic nitrogens is 4. The maximum absolute atomic E-state index is 12.2. The molecule has 9 heteroatoms. The van der Waals surface area contributed by atoms with Crippen molar-refractivity contribution >= 4 is 50.0 Å². The standard InChI is InChI=1S/C19H17BrN6OS/c20-14-4-1-3-13(9-14)19(27)21-6-7-26-18-16(11-25-26)17(23-12-24-18)22-10-15-5-2-8-28-15/h1-5,8-9,11-12H,6-7,10H2,(H,21,27)(H,22,23,24). The van der Waals surface area contributed by atoms with Gasteiger partial charge < -0.3 is 10.6 Å². The maximum Gasteiger partial charge on any atom is 0.251 e. The number of amides is 1. The van der Waals surface area contributed by atoms with Gasteiger partial charge in [0.1, 0.15) is 12.1 Å². The Bertz CT molecular complexity index is 1090. The van der Waals surface area contributed by atoms with Crippen LogP contribution in [0.15, 0.2) is 58.8 Å². The normalized spacial score (nSPS) is 10.9. The quantitative estimate of drug-likeness (QED) is 0.442. The molecule has 3 aromatic heterocycles. The number of rotatable bonds is 7. The number of nitrogens with one attached hydrogen (secondary N) is 2. The SMILES string of the molecule is O=C(NCCn1ncc2c(NCc3cccs3)ncnc21)c1cccc(Br)c1. The van der Waals surface area contributed by atoms with Gasteiger partial charge in [-0.25, -0.2) is 14.6 Å². The van der Waals surface area contributed by atoms with Gasteiger partial charge >= 0.3 is 0 Å². The molecule has 2 N–H and O–H groups in total. The number of nitrogens with zero attached hydrogens (tertiary/aromatic N) is 4. The first kappa shape index (κ1) is 18.6. The largest absolute Gasteiger partial charge is 0.364 e. The summed E-state index contributed by atoms with van der Waals surface area (Å²) >= 11 is 5.07. The minimum absolute atomic E-state index is 0.120. The van der Waals surface area contributed by atoms with E-state index >= 15 is 0 Å². The predicted molar refractivity (Wildman–Crippen MR) is 113 cm³/mol. The monoisotopic (exact) mass is 456 g/mol. The van der Waals surface area contributed by atoms with Gasteiger partial charge in [-0.3, -0.25) is 4.79 Å². The molecule has 142 valence electrons. The van der Waals surface area contributed by atoms with Gasteiger partial charge in [0.2, 0.25) is 0 Å². The van der Waals surface area contributed by atoms with E-state index in [0.29, 0.717) is 25.2 Å². The van der Waals surface area contributed by atoms with Gasteiger partial charge in [0.05, 0.1) is 24.7 Å². The third kappa shape index (κ3) is 4.20. The van der Waals surface area contributed by atoms with Crippen LogP contribution in [0.2, 0.25) is 0 Å². The molecule has 0 radical (unpaired) electrons. The molecule has 0 aliphatic carbocycles. The summed E-state index contributed by atoms with van der Waals surface area (Å²) in [6, 6.07) is 11.4. The molecule has 0 saturated heterocycles. The molecule has 1 aromatic carbocycles. The van der Waals surface area contributed by atoms with Gasteiger partial charge in [0, 0.05) is 21.5 Å². The average Bonchev–Trinajstić information content (AvgIpc) is 3.36. The summed E-state index contributed by atoms with van der Waals surface area (Å²) in [6.45, 7) is 1.67. The third-order valence-electron chi connectivity index (χ3n) is 4.14. The topological polar surface area (TPSA) is 84.7 Å². The summed E-state index contributed by atoms with van der Waals surface area (Å²) in [5.74, 6) is 0.633. The van der Waals surface area contributed by atoms with Crippen molar-refractivity contribution in [2.24, 2.45) is 0 Å². The summed E-state index contributed by atoms with van der Waals surface area (Å²) in [4.78, 5) is 22.2.